The fourth-order valence-corrected chi connectivity index (χ4v) is 7.22. The number of benzene rings is 1. The van der Waals surface area contributed by atoms with E-state index in [4.69, 9.17) is 5.73 Å². The number of rotatable bonds is 8. The van der Waals surface area contributed by atoms with E-state index in [-0.39, 0.29) is 33.2 Å². The van der Waals surface area contributed by atoms with Crippen LogP contribution in [0.25, 0.3) is 21.5 Å². The zero-order valence-corrected chi connectivity index (χ0v) is 19.3. The summed E-state index contributed by atoms with van der Waals surface area (Å²) in [5, 5.41) is 0.160. The number of hydrogen-bond donors (Lipinski definition) is 2. The fourth-order valence-electron chi connectivity index (χ4n) is 3.29. The predicted molar refractivity (Wildman–Crippen MR) is 121 cm³/mol. The smallest absolute Gasteiger partial charge is 0.279 e. The number of nitrogens with one attached hydrogen (secondary N) is 1. The third kappa shape index (κ3) is 4.29. The largest absolute Gasteiger partial charge is 0.329 e. The van der Waals surface area contributed by atoms with Crippen molar-refractivity contribution in [3.63, 3.8) is 0 Å². The molecular weight excluding hydrogens is 494 g/mol. The van der Waals surface area contributed by atoms with Crippen molar-refractivity contribution >= 4 is 42.4 Å². The van der Waals surface area contributed by atoms with Crippen molar-refractivity contribution in [3.05, 3.63) is 66.5 Å². The van der Waals surface area contributed by atoms with Crippen molar-refractivity contribution in [3.8, 4) is 10.4 Å². The van der Waals surface area contributed by atoms with Gasteiger partial charge in [0.15, 0.2) is 5.65 Å². The normalized spacial score (nSPS) is 12.6. The molecule has 3 N–H and O–H groups in total. The van der Waals surface area contributed by atoms with Crippen LogP contribution in [-0.4, -0.2) is 38.9 Å². The summed E-state index contributed by atoms with van der Waals surface area (Å²) in [4.78, 5) is 4.36. The van der Waals surface area contributed by atoms with Crippen LogP contribution in [0.3, 0.4) is 0 Å². The van der Waals surface area contributed by atoms with Crippen LogP contribution in [-0.2, 0) is 20.0 Å². The fraction of sp³-hybridized carbons (Fsp3) is 0.150. The van der Waals surface area contributed by atoms with Gasteiger partial charge >= 0.3 is 0 Å². The Morgan fingerprint density at radius 3 is 2.45 bits per heavy atom. The van der Waals surface area contributed by atoms with Gasteiger partial charge < -0.3 is 5.73 Å². The maximum Gasteiger partial charge on any atom is 0.279 e. The average molecular weight is 513 g/mol. The number of halogens is 2. The molecule has 4 aromatic rings. The second-order valence-electron chi connectivity index (χ2n) is 6.85. The number of alkyl halides is 2. The molecule has 0 fully saturated rings. The maximum absolute atomic E-state index is 13.9. The molecular formula is C20H18F2N4O4S3. The molecule has 8 nitrogen and oxygen atoms in total. The number of hydrogen-bond acceptors (Lipinski definition) is 7. The van der Waals surface area contributed by atoms with Crippen LogP contribution in [0, 0.1) is 0 Å². The predicted octanol–water partition coefficient (Wildman–Crippen LogP) is 3.18. The lowest BCUT2D eigenvalue weighted by Crippen LogP contribution is -2.28. The lowest BCUT2D eigenvalue weighted by molar-refractivity contribution is 0.145. The molecule has 3 aromatic heterocycles. The average Bonchev–Trinajstić information content (AvgIpc) is 3.44. The SMILES string of the molecule is NCCNS(=O)(=O)c1ccc(-c2ccnc3c2cc(C(F)F)n3S(=O)(=O)c2ccccc2)s1. The first-order chi connectivity index (χ1) is 15.7. The Bertz CT molecular complexity index is 1520. The number of nitrogens with two attached hydrogens (primary N) is 1. The van der Waals surface area contributed by atoms with Gasteiger partial charge in [0.25, 0.3) is 16.4 Å². The van der Waals surface area contributed by atoms with Gasteiger partial charge in [0.05, 0.1) is 4.90 Å². The molecule has 0 radical (unpaired) electrons. The minimum atomic E-state index is -4.37. The van der Waals surface area contributed by atoms with Crippen LogP contribution in [0.2, 0.25) is 0 Å². The lowest BCUT2D eigenvalue weighted by atomic mass is 10.1. The summed E-state index contributed by atoms with van der Waals surface area (Å²) in [5.41, 5.74) is 4.82. The summed E-state index contributed by atoms with van der Waals surface area (Å²) in [6, 6.07) is 12.7. The molecule has 174 valence electrons. The number of fused-ring (bicyclic) bond motifs is 1. The Labute approximate surface area is 192 Å². The standard InChI is InChI=1S/C20H18F2N4O4S3/c21-19(22)16-12-15-14(17-6-7-18(31-17)32(27,28)25-11-9-23)8-10-24-20(15)26(16)33(29,30)13-4-2-1-3-5-13/h1-8,10,12,19,25H,9,11,23H2. The van der Waals surface area contributed by atoms with Gasteiger partial charge in [-0.15, -0.1) is 11.3 Å². The van der Waals surface area contributed by atoms with E-state index >= 15 is 0 Å². The Kier molecular flexibility index (Phi) is 6.33. The quantitative estimate of drug-likeness (QED) is 0.374. The van der Waals surface area contributed by atoms with Crippen molar-refractivity contribution in [2.45, 2.75) is 15.5 Å². The second-order valence-corrected chi connectivity index (χ2v) is 11.7. The summed E-state index contributed by atoms with van der Waals surface area (Å²) in [7, 11) is -8.15. The number of nitrogens with zero attached hydrogens (tertiary/aromatic N) is 2. The highest BCUT2D eigenvalue weighted by molar-refractivity contribution is 7.91. The molecule has 0 saturated heterocycles. The molecule has 0 atom stereocenters. The van der Waals surface area contributed by atoms with Crippen molar-refractivity contribution in [1.29, 1.82) is 0 Å². The topological polar surface area (TPSA) is 124 Å². The van der Waals surface area contributed by atoms with E-state index in [2.05, 4.69) is 9.71 Å². The Morgan fingerprint density at radius 2 is 1.79 bits per heavy atom. The van der Waals surface area contributed by atoms with Crippen molar-refractivity contribution < 1.29 is 25.6 Å². The molecule has 0 aliphatic carbocycles. The highest BCUT2D eigenvalue weighted by Gasteiger charge is 2.29. The molecule has 3 heterocycles. The molecule has 0 saturated carbocycles. The third-order valence-corrected chi connectivity index (χ3v) is 9.55. The molecule has 33 heavy (non-hydrogen) atoms. The Balaban J connectivity index is 1.90. The Hall–Kier alpha value is -2.71. The summed E-state index contributed by atoms with van der Waals surface area (Å²) in [6.07, 6.45) is -1.80. The monoisotopic (exact) mass is 512 g/mol. The van der Waals surface area contributed by atoms with E-state index in [1.807, 2.05) is 0 Å². The van der Waals surface area contributed by atoms with Crippen LogP contribution in [0.1, 0.15) is 12.1 Å². The Morgan fingerprint density at radius 1 is 1.06 bits per heavy atom. The zero-order valence-electron chi connectivity index (χ0n) is 16.9. The minimum absolute atomic E-state index is 0.0151. The first-order valence-corrected chi connectivity index (χ1v) is 13.3. The van der Waals surface area contributed by atoms with Crippen LogP contribution < -0.4 is 10.5 Å². The van der Waals surface area contributed by atoms with E-state index in [1.54, 1.807) is 6.07 Å². The second kappa shape index (κ2) is 8.91. The number of sulfonamides is 1. The molecule has 0 aliphatic heterocycles. The van der Waals surface area contributed by atoms with E-state index in [0.29, 0.717) is 14.4 Å². The van der Waals surface area contributed by atoms with Gasteiger partial charge in [-0.1, -0.05) is 18.2 Å². The summed E-state index contributed by atoms with van der Waals surface area (Å²) in [5.74, 6) is 0. The number of thiophene rings is 1. The van der Waals surface area contributed by atoms with E-state index in [0.717, 1.165) is 17.4 Å². The number of pyridine rings is 1. The highest BCUT2D eigenvalue weighted by Crippen LogP contribution is 2.38. The molecule has 13 heteroatoms. The molecule has 0 spiro atoms. The van der Waals surface area contributed by atoms with Gasteiger partial charge in [0.1, 0.15) is 9.90 Å². The van der Waals surface area contributed by atoms with Gasteiger partial charge in [0.2, 0.25) is 10.0 Å². The lowest BCUT2D eigenvalue weighted by Gasteiger charge is -2.11. The molecule has 0 amide bonds. The molecule has 0 unspecified atom stereocenters. The molecule has 0 aliphatic rings. The van der Waals surface area contributed by atoms with Crippen molar-refractivity contribution in [1.82, 2.24) is 13.7 Å². The van der Waals surface area contributed by atoms with Crippen LogP contribution in [0.15, 0.2) is 69.9 Å². The summed E-state index contributed by atoms with van der Waals surface area (Å²) < 4.78 is 81.9. The van der Waals surface area contributed by atoms with Crippen molar-refractivity contribution in [2.75, 3.05) is 13.1 Å². The van der Waals surface area contributed by atoms with Crippen LogP contribution in [0.4, 0.5) is 8.78 Å². The van der Waals surface area contributed by atoms with Gasteiger partial charge in [-0.05, 0) is 36.4 Å². The van der Waals surface area contributed by atoms with E-state index in [9.17, 15) is 25.6 Å². The number of aromatic nitrogens is 2. The van der Waals surface area contributed by atoms with Crippen molar-refractivity contribution in [2.24, 2.45) is 5.73 Å². The van der Waals surface area contributed by atoms with Gasteiger partial charge in [-0.25, -0.2) is 39.3 Å². The van der Waals surface area contributed by atoms with Crippen LogP contribution >= 0.6 is 11.3 Å². The molecule has 4 rings (SSSR count). The first-order valence-electron chi connectivity index (χ1n) is 9.56. The highest BCUT2D eigenvalue weighted by atomic mass is 32.2. The van der Waals surface area contributed by atoms with Gasteiger partial charge in [-0.3, -0.25) is 0 Å². The minimum Gasteiger partial charge on any atom is -0.329 e. The zero-order chi connectivity index (χ0) is 23.8. The molecule has 0 bridgehead atoms. The molecule has 1 aromatic carbocycles. The van der Waals surface area contributed by atoms with Crippen LogP contribution in [0.5, 0.6) is 0 Å². The summed E-state index contributed by atoms with van der Waals surface area (Å²) in [6.45, 7) is 0.190. The van der Waals surface area contributed by atoms with E-state index < -0.39 is 32.2 Å². The first kappa shape index (κ1) is 23.4. The maximum atomic E-state index is 13.9. The third-order valence-electron chi connectivity index (χ3n) is 4.74. The van der Waals surface area contributed by atoms with E-state index in [1.165, 1.54) is 48.7 Å². The summed E-state index contributed by atoms with van der Waals surface area (Å²) >= 11 is 0.920. The van der Waals surface area contributed by atoms with Gasteiger partial charge in [-0.2, -0.15) is 0 Å². The van der Waals surface area contributed by atoms with Gasteiger partial charge in [0, 0.05) is 35.1 Å².